The number of nitrogens with one attached hydrogen (secondary N) is 1. The van der Waals surface area contributed by atoms with Crippen molar-refractivity contribution < 1.29 is 0 Å². The lowest BCUT2D eigenvalue weighted by Crippen LogP contribution is -2.33. The average Bonchev–Trinajstić information content (AvgIpc) is 3.24. The first-order chi connectivity index (χ1) is 14.2. The highest BCUT2D eigenvalue weighted by molar-refractivity contribution is 7.13. The van der Waals surface area contributed by atoms with Gasteiger partial charge in [-0.05, 0) is 53.7 Å². The van der Waals surface area contributed by atoms with Crippen LogP contribution in [0.15, 0.2) is 52.6 Å². The van der Waals surface area contributed by atoms with Crippen molar-refractivity contribution in [3.63, 3.8) is 0 Å². The Hall–Kier alpha value is -1.63. The first-order valence-corrected chi connectivity index (χ1v) is 11.4. The molecular weight excluding hydrogens is 449 g/mol. The van der Waals surface area contributed by atoms with Crippen LogP contribution in [0.25, 0.3) is 21.7 Å². The van der Waals surface area contributed by atoms with Gasteiger partial charge in [0.05, 0.1) is 10.6 Å². The lowest BCUT2D eigenvalue weighted by Gasteiger charge is -2.24. The molecular formula is C24H31Cl2N3OS. The number of likely N-dealkylation sites (N-methyl/N-ethyl adjacent to an activating group) is 1. The number of pyridine rings is 1. The van der Waals surface area contributed by atoms with Crippen molar-refractivity contribution in [2.75, 3.05) is 26.2 Å². The lowest BCUT2D eigenvalue weighted by molar-refractivity contribution is 0.302. The number of fused-ring (bicyclic) bond motifs is 3. The van der Waals surface area contributed by atoms with Gasteiger partial charge in [-0.1, -0.05) is 44.2 Å². The van der Waals surface area contributed by atoms with Crippen LogP contribution in [-0.4, -0.2) is 35.6 Å². The van der Waals surface area contributed by atoms with E-state index in [0.29, 0.717) is 0 Å². The molecule has 3 heterocycles. The molecule has 3 aromatic rings. The third-order valence-electron chi connectivity index (χ3n) is 5.83. The molecule has 0 saturated carbocycles. The van der Waals surface area contributed by atoms with Crippen LogP contribution in [0.4, 0.5) is 0 Å². The molecule has 0 amide bonds. The van der Waals surface area contributed by atoms with Gasteiger partial charge >= 0.3 is 0 Å². The van der Waals surface area contributed by atoms with Crippen LogP contribution in [0.1, 0.15) is 25.0 Å². The number of rotatable bonds is 8. The molecule has 0 aliphatic carbocycles. The van der Waals surface area contributed by atoms with Gasteiger partial charge < -0.3 is 14.8 Å². The Bertz CT molecular complexity index is 1030. The van der Waals surface area contributed by atoms with Crippen LogP contribution in [0.5, 0.6) is 0 Å². The van der Waals surface area contributed by atoms with Crippen LogP contribution in [-0.2, 0) is 19.5 Å². The third kappa shape index (κ3) is 5.41. The van der Waals surface area contributed by atoms with Crippen LogP contribution < -0.4 is 10.9 Å². The zero-order chi connectivity index (χ0) is 20.2. The fourth-order valence-corrected chi connectivity index (χ4v) is 5.18. The first-order valence-electron chi connectivity index (χ1n) is 10.5. The van der Waals surface area contributed by atoms with Crippen molar-refractivity contribution in [2.45, 2.75) is 33.4 Å². The quantitative estimate of drug-likeness (QED) is 0.457. The predicted molar refractivity (Wildman–Crippen MR) is 137 cm³/mol. The van der Waals surface area contributed by atoms with Crippen molar-refractivity contribution >= 4 is 36.2 Å². The number of halogens is 2. The Labute approximate surface area is 201 Å². The standard InChI is InChI=1S/C24H29N3OS.2ClH/c1-3-26(4-2)14-12-25-17-20-16-21(18-8-6-5-7-9-18)24(28)27-13-10-19-11-15-29-23(19)22(20)27;;/h5-9,11,15-16,25H,3-4,10,12-14,17H2,1-2H3;2*1H. The second-order valence-corrected chi connectivity index (χ2v) is 8.40. The van der Waals surface area contributed by atoms with E-state index in [1.807, 2.05) is 34.9 Å². The second-order valence-electron chi connectivity index (χ2n) is 7.48. The smallest absolute Gasteiger partial charge is 0.258 e. The summed E-state index contributed by atoms with van der Waals surface area (Å²) in [7, 11) is 0. The molecule has 0 radical (unpaired) electrons. The molecule has 1 aliphatic rings. The highest BCUT2D eigenvalue weighted by atomic mass is 35.5. The monoisotopic (exact) mass is 479 g/mol. The highest BCUT2D eigenvalue weighted by Gasteiger charge is 2.23. The van der Waals surface area contributed by atoms with Crippen molar-refractivity contribution in [3.8, 4) is 21.7 Å². The van der Waals surface area contributed by atoms with Crippen molar-refractivity contribution in [3.05, 3.63) is 69.3 Å². The molecule has 1 N–H and O–H groups in total. The normalized spacial score (nSPS) is 12.0. The van der Waals surface area contributed by atoms with Gasteiger partial charge in [0.2, 0.25) is 0 Å². The summed E-state index contributed by atoms with van der Waals surface area (Å²) in [5, 5.41) is 5.77. The maximum atomic E-state index is 13.3. The molecule has 4 nitrogen and oxygen atoms in total. The Morgan fingerprint density at radius 3 is 2.55 bits per heavy atom. The molecule has 0 fully saturated rings. The number of aromatic nitrogens is 1. The predicted octanol–water partition coefficient (Wildman–Crippen LogP) is 5.07. The van der Waals surface area contributed by atoms with Gasteiger partial charge in [0, 0.05) is 31.7 Å². The summed E-state index contributed by atoms with van der Waals surface area (Å²) < 4.78 is 2.00. The van der Waals surface area contributed by atoms with Gasteiger partial charge in [-0.25, -0.2) is 0 Å². The summed E-state index contributed by atoms with van der Waals surface area (Å²) in [5.74, 6) is 0. The summed E-state index contributed by atoms with van der Waals surface area (Å²) in [5.41, 5.74) is 5.61. The molecule has 7 heteroatoms. The van der Waals surface area contributed by atoms with E-state index >= 15 is 0 Å². The summed E-state index contributed by atoms with van der Waals surface area (Å²) in [6, 6.07) is 14.4. The SMILES string of the molecule is CCN(CC)CCNCc1cc(-c2ccccc2)c(=O)n2c1-c1sccc1CC2.Cl.Cl. The van der Waals surface area contributed by atoms with E-state index < -0.39 is 0 Å². The fraction of sp³-hybridized carbons (Fsp3) is 0.375. The van der Waals surface area contributed by atoms with Gasteiger partial charge in [-0.3, -0.25) is 4.79 Å². The number of nitrogens with zero attached hydrogens (tertiary/aromatic N) is 2. The van der Waals surface area contributed by atoms with Crippen LogP contribution in [0, 0.1) is 0 Å². The highest BCUT2D eigenvalue weighted by Crippen LogP contribution is 2.36. The minimum absolute atomic E-state index is 0. The van der Waals surface area contributed by atoms with E-state index in [-0.39, 0.29) is 30.4 Å². The minimum Gasteiger partial charge on any atom is -0.311 e. The third-order valence-corrected chi connectivity index (χ3v) is 6.80. The van der Waals surface area contributed by atoms with Crippen molar-refractivity contribution in [1.29, 1.82) is 0 Å². The summed E-state index contributed by atoms with van der Waals surface area (Å²) >= 11 is 1.75. The maximum Gasteiger partial charge on any atom is 0.258 e. The van der Waals surface area contributed by atoms with Crippen molar-refractivity contribution in [2.24, 2.45) is 0 Å². The van der Waals surface area contributed by atoms with Gasteiger partial charge in [0.15, 0.2) is 0 Å². The molecule has 0 bridgehead atoms. The van der Waals surface area contributed by atoms with Gasteiger partial charge in [0.25, 0.3) is 5.56 Å². The van der Waals surface area contributed by atoms with Crippen LogP contribution >= 0.6 is 36.2 Å². The zero-order valence-electron chi connectivity index (χ0n) is 18.1. The average molecular weight is 481 g/mol. The van der Waals surface area contributed by atoms with E-state index in [1.54, 1.807) is 11.3 Å². The second kappa shape index (κ2) is 11.8. The lowest BCUT2D eigenvalue weighted by atomic mass is 9.98. The molecule has 4 rings (SSSR count). The summed E-state index contributed by atoms with van der Waals surface area (Å²) in [6.45, 7) is 10.1. The Kier molecular flexibility index (Phi) is 9.79. The molecule has 0 unspecified atom stereocenters. The number of hydrogen-bond acceptors (Lipinski definition) is 4. The van der Waals surface area contributed by atoms with Crippen LogP contribution in [0.3, 0.4) is 0 Å². The molecule has 31 heavy (non-hydrogen) atoms. The molecule has 1 aliphatic heterocycles. The first kappa shape index (κ1) is 25.6. The molecule has 0 spiro atoms. The van der Waals surface area contributed by atoms with Gasteiger partial charge in [-0.15, -0.1) is 36.2 Å². The largest absolute Gasteiger partial charge is 0.311 e. The van der Waals surface area contributed by atoms with Gasteiger partial charge in [0.1, 0.15) is 0 Å². The number of hydrogen-bond donors (Lipinski definition) is 1. The fourth-order valence-electron chi connectivity index (χ4n) is 4.14. The molecule has 168 valence electrons. The molecule has 2 aromatic heterocycles. The summed E-state index contributed by atoms with van der Waals surface area (Å²) in [6.07, 6.45) is 0.929. The van der Waals surface area contributed by atoms with Crippen LogP contribution in [0.2, 0.25) is 0 Å². The zero-order valence-corrected chi connectivity index (χ0v) is 20.5. The topological polar surface area (TPSA) is 37.3 Å². The molecule has 0 saturated heterocycles. The van der Waals surface area contributed by atoms with E-state index in [9.17, 15) is 4.79 Å². The molecule has 1 aromatic carbocycles. The van der Waals surface area contributed by atoms with E-state index in [4.69, 9.17) is 0 Å². The Morgan fingerprint density at radius 2 is 1.84 bits per heavy atom. The van der Waals surface area contributed by atoms with E-state index in [0.717, 1.165) is 62.5 Å². The minimum atomic E-state index is 0. The summed E-state index contributed by atoms with van der Waals surface area (Å²) in [4.78, 5) is 17.0. The molecule has 0 atom stereocenters. The van der Waals surface area contributed by atoms with Crippen molar-refractivity contribution in [1.82, 2.24) is 14.8 Å². The van der Waals surface area contributed by atoms with Gasteiger partial charge in [-0.2, -0.15) is 0 Å². The number of thiophene rings is 1. The Balaban J connectivity index is 0.00000171. The maximum absolute atomic E-state index is 13.3. The van der Waals surface area contributed by atoms with E-state index in [2.05, 4.69) is 41.6 Å². The number of benzene rings is 1. The Morgan fingerprint density at radius 1 is 1.10 bits per heavy atom. The number of aryl methyl sites for hydroxylation is 1. The van der Waals surface area contributed by atoms with E-state index in [1.165, 1.54) is 16.0 Å².